The second kappa shape index (κ2) is 6.14. The lowest BCUT2D eigenvalue weighted by Crippen LogP contribution is -2.48. The van der Waals surface area contributed by atoms with Crippen molar-refractivity contribution in [1.82, 2.24) is 5.43 Å². The third-order valence-electron chi connectivity index (χ3n) is 5.60. The van der Waals surface area contributed by atoms with Crippen molar-refractivity contribution >= 4 is 29.3 Å². The van der Waals surface area contributed by atoms with E-state index in [0.29, 0.717) is 16.3 Å². The number of aryl methyl sites for hydroxylation is 1. The van der Waals surface area contributed by atoms with E-state index in [1.165, 1.54) is 0 Å². The quantitative estimate of drug-likeness (QED) is 0.788. The van der Waals surface area contributed by atoms with Crippen LogP contribution >= 0.6 is 11.6 Å². The van der Waals surface area contributed by atoms with E-state index in [4.69, 9.17) is 16.3 Å². The largest absolute Gasteiger partial charge is 0.488 e. The zero-order valence-electron chi connectivity index (χ0n) is 15.9. The van der Waals surface area contributed by atoms with E-state index in [0.717, 1.165) is 34.7 Å². The van der Waals surface area contributed by atoms with Gasteiger partial charge in [-0.1, -0.05) is 23.7 Å². The van der Waals surface area contributed by atoms with Crippen LogP contribution in [0, 0.1) is 0 Å². The molecule has 2 aromatic carbocycles. The summed E-state index contributed by atoms with van der Waals surface area (Å²) in [5.41, 5.74) is 3.87. The predicted octanol–water partition coefficient (Wildman–Crippen LogP) is 4.28. The van der Waals surface area contributed by atoms with Gasteiger partial charge in [-0.2, -0.15) is 0 Å². The molecule has 2 aliphatic heterocycles. The Morgan fingerprint density at radius 2 is 1.96 bits per heavy atom. The number of rotatable bonds is 2. The Hall–Kier alpha value is -2.73. The normalized spacial score (nSPS) is 22.3. The van der Waals surface area contributed by atoms with Crippen LogP contribution in [0.15, 0.2) is 36.4 Å². The van der Waals surface area contributed by atoms with Gasteiger partial charge in [-0.05, 0) is 74.6 Å². The Morgan fingerprint density at radius 1 is 1.21 bits per heavy atom. The van der Waals surface area contributed by atoms with E-state index < -0.39 is 11.5 Å². The van der Waals surface area contributed by atoms with Gasteiger partial charge in [-0.25, -0.2) is 15.2 Å². The number of fused-ring (bicyclic) bond motifs is 2. The highest BCUT2D eigenvalue weighted by Gasteiger charge is 2.50. The molecular weight excluding hydrogens is 380 g/mol. The maximum Gasteiger partial charge on any atom is 0.424 e. The summed E-state index contributed by atoms with van der Waals surface area (Å²) < 4.78 is 6.05. The molecule has 2 aliphatic rings. The Kier molecular flexibility index (Phi) is 4.08. The number of amides is 2. The van der Waals surface area contributed by atoms with Crippen LogP contribution in [-0.4, -0.2) is 22.7 Å². The molecule has 2 N–H and O–H groups in total. The van der Waals surface area contributed by atoms with Gasteiger partial charge in [0.25, 0.3) is 5.91 Å². The minimum Gasteiger partial charge on any atom is -0.488 e. The molecule has 2 aromatic rings. The number of carbonyl (C=O) groups excluding carboxylic acids is 1. The molecular formula is C21H21ClN2O4. The maximum absolute atomic E-state index is 13.3. The smallest absolute Gasteiger partial charge is 0.424 e. The topological polar surface area (TPSA) is 78.9 Å². The van der Waals surface area contributed by atoms with E-state index in [2.05, 4.69) is 19.3 Å². The van der Waals surface area contributed by atoms with Crippen molar-refractivity contribution in [2.75, 3.05) is 5.01 Å². The molecule has 0 saturated heterocycles. The molecule has 28 heavy (non-hydrogen) atoms. The van der Waals surface area contributed by atoms with Gasteiger partial charge in [0.2, 0.25) is 0 Å². The number of ether oxygens (including phenoxy) is 1. The molecule has 0 aliphatic carbocycles. The molecule has 0 unspecified atom stereocenters. The lowest BCUT2D eigenvalue weighted by Gasteiger charge is -2.34. The number of carboxylic acid groups (broad SMARTS) is 1. The van der Waals surface area contributed by atoms with Crippen molar-refractivity contribution in [3.8, 4) is 5.75 Å². The summed E-state index contributed by atoms with van der Waals surface area (Å²) in [6.07, 6.45) is 0.419. The maximum atomic E-state index is 13.3. The van der Waals surface area contributed by atoms with Gasteiger partial charge in [0.15, 0.2) is 0 Å². The van der Waals surface area contributed by atoms with Crippen LogP contribution in [0.5, 0.6) is 5.75 Å². The van der Waals surface area contributed by atoms with Crippen molar-refractivity contribution < 1.29 is 19.4 Å². The standard InChI is InChI=1S/C21H21ClN2O4/c1-20(2)9-8-12-10-13(4-7-17(12)28-20)21(3)15-11-14(22)5-6-16(15)24(18(21)25)23-19(26)27/h4-7,10-11,23H,8-9H2,1-3H3,(H,26,27)/t21-/m0/s1. The molecule has 0 spiro atoms. The second-order valence-electron chi connectivity index (χ2n) is 8.03. The third-order valence-corrected chi connectivity index (χ3v) is 5.83. The summed E-state index contributed by atoms with van der Waals surface area (Å²) in [6.45, 7) is 5.90. The van der Waals surface area contributed by atoms with Crippen LogP contribution in [-0.2, 0) is 16.6 Å². The molecule has 1 atom stereocenters. The fraction of sp³-hybridized carbons (Fsp3) is 0.333. The van der Waals surface area contributed by atoms with Crippen molar-refractivity contribution in [3.63, 3.8) is 0 Å². The average Bonchev–Trinajstić information content (AvgIpc) is 2.82. The van der Waals surface area contributed by atoms with Crippen molar-refractivity contribution in [3.05, 3.63) is 58.1 Å². The Labute approximate surface area is 168 Å². The molecule has 2 heterocycles. The van der Waals surface area contributed by atoms with Crippen LogP contribution in [0.4, 0.5) is 10.5 Å². The molecule has 4 rings (SSSR count). The number of nitrogens with one attached hydrogen (secondary N) is 1. The summed E-state index contributed by atoms with van der Waals surface area (Å²) in [4.78, 5) is 24.6. The lowest BCUT2D eigenvalue weighted by atomic mass is 9.76. The zero-order valence-corrected chi connectivity index (χ0v) is 16.6. The first kappa shape index (κ1) is 18.6. The van der Waals surface area contributed by atoms with E-state index in [-0.39, 0.29) is 11.5 Å². The van der Waals surface area contributed by atoms with Crippen molar-refractivity contribution in [1.29, 1.82) is 0 Å². The minimum atomic E-state index is -1.31. The number of nitrogens with zero attached hydrogens (tertiary/aromatic N) is 1. The molecule has 0 fully saturated rings. The second-order valence-corrected chi connectivity index (χ2v) is 8.46. The van der Waals surface area contributed by atoms with Gasteiger partial charge in [-0.15, -0.1) is 0 Å². The number of hydrazine groups is 1. The van der Waals surface area contributed by atoms with E-state index in [1.54, 1.807) is 25.1 Å². The fourth-order valence-corrected chi connectivity index (χ4v) is 4.18. The first-order valence-electron chi connectivity index (χ1n) is 9.08. The first-order valence-corrected chi connectivity index (χ1v) is 9.46. The summed E-state index contributed by atoms with van der Waals surface area (Å²) >= 11 is 6.20. The lowest BCUT2D eigenvalue weighted by molar-refractivity contribution is -0.121. The minimum absolute atomic E-state index is 0.218. The molecule has 146 valence electrons. The number of halogens is 1. The summed E-state index contributed by atoms with van der Waals surface area (Å²) in [5, 5.41) is 10.7. The van der Waals surface area contributed by atoms with Crippen LogP contribution < -0.4 is 15.2 Å². The number of benzene rings is 2. The molecule has 0 saturated carbocycles. The van der Waals surface area contributed by atoms with Gasteiger partial charge in [0.1, 0.15) is 16.8 Å². The molecule has 0 radical (unpaired) electrons. The highest BCUT2D eigenvalue weighted by molar-refractivity contribution is 6.31. The summed E-state index contributed by atoms with van der Waals surface area (Å²) in [6, 6.07) is 10.8. The van der Waals surface area contributed by atoms with E-state index in [9.17, 15) is 14.7 Å². The van der Waals surface area contributed by atoms with Crippen LogP contribution in [0.1, 0.15) is 43.9 Å². The van der Waals surface area contributed by atoms with Gasteiger partial charge < -0.3 is 9.84 Å². The highest BCUT2D eigenvalue weighted by Crippen LogP contribution is 2.47. The fourth-order valence-electron chi connectivity index (χ4n) is 4.01. The van der Waals surface area contributed by atoms with Crippen LogP contribution in [0.3, 0.4) is 0 Å². The zero-order chi connectivity index (χ0) is 20.3. The summed E-state index contributed by atoms with van der Waals surface area (Å²) in [7, 11) is 0. The van der Waals surface area contributed by atoms with E-state index in [1.807, 2.05) is 18.2 Å². The first-order chi connectivity index (χ1) is 13.1. The summed E-state index contributed by atoms with van der Waals surface area (Å²) in [5.74, 6) is 0.449. The van der Waals surface area contributed by atoms with E-state index >= 15 is 0 Å². The monoisotopic (exact) mass is 400 g/mol. The SMILES string of the molecule is CC1(C)CCc2cc([C@]3(C)C(=O)N(NC(=O)O)c4ccc(Cl)cc43)ccc2O1. The van der Waals surface area contributed by atoms with Crippen LogP contribution in [0.2, 0.25) is 5.02 Å². The van der Waals surface area contributed by atoms with Gasteiger partial charge in [-0.3, -0.25) is 4.79 Å². The van der Waals surface area contributed by atoms with Crippen LogP contribution in [0.25, 0.3) is 0 Å². The number of hydrogen-bond acceptors (Lipinski definition) is 3. The predicted molar refractivity (Wildman–Crippen MR) is 106 cm³/mol. The highest BCUT2D eigenvalue weighted by atomic mass is 35.5. The molecule has 7 heteroatoms. The Bertz CT molecular complexity index is 1000. The van der Waals surface area contributed by atoms with Gasteiger partial charge in [0, 0.05) is 5.02 Å². The Morgan fingerprint density at radius 3 is 2.68 bits per heavy atom. The van der Waals surface area contributed by atoms with Gasteiger partial charge in [0.05, 0.1) is 5.69 Å². The number of anilines is 1. The molecule has 0 bridgehead atoms. The van der Waals surface area contributed by atoms with Crippen molar-refractivity contribution in [2.24, 2.45) is 0 Å². The Balaban J connectivity index is 1.84. The molecule has 2 amide bonds. The molecule has 0 aromatic heterocycles. The molecule has 6 nitrogen and oxygen atoms in total. The van der Waals surface area contributed by atoms with Gasteiger partial charge >= 0.3 is 6.09 Å². The number of hydrogen-bond donors (Lipinski definition) is 2. The third kappa shape index (κ3) is 2.79. The van der Waals surface area contributed by atoms with Crippen molar-refractivity contribution in [2.45, 2.75) is 44.6 Å². The average molecular weight is 401 g/mol. The number of carbonyl (C=O) groups is 2.